The lowest BCUT2D eigenvalue weighted by Crippen LogP contribution is -2.32. The molecular formula is C27H33F2N5O. The van der Waals surface area contributed by atoms with E-state index in [0.717, 1.165) is 66.7 Å². The summed E-state index contributed by atoms with van der Waals surface area (Å²) in [7, 11) is 3.38. The van der Waals surface area contributed by atoms with Crippen LogP contribution in [0.3, 0.4) is 0 Å². The first-order valence-electron chi connectivity index (χ1n) is 12.1. The number of fused-ring (bicyclic) bond motifs is 2. The smallest absolute Gasteiger partial charge is 0.242 e. The number of halogens is 2. The van der Waals surface area contributed by atoms with Crippen LogP contribution in [0, 0.1) is 0 Å². The number of carbonyl (C=O) groups is 1. The molecule has 1 aliphatic rings. The number of hydrogen-bond donors (Lipinski definition) is 1. The number of amides is 1. The fraction of sp³-hybridized carbons (Fsp3) is 0.407. The number of rotatable bonds is 6. The quantitative estimate of drug-likeness (QED) is 0.386. The molecule has 186 valence electrons. The Kier molecular flexibility index (Phi) is 7.80. The van der Waals surface area contributed by atoms with E-state index in [0.29, 0.717) is 11.5 Å². The summed E-state index contributed by atoms with van der Waals surface area (Å²) in [6.07, 6.45) is 5.87. The van der Waals surface area contributed by atoms with Crippen LogP contribution in [0.15, 0.2) is 48.9 Å². The van der Waals surface area contributed by atoms with Crippen molar-refractivity contribution in [3.05, 3.63) is 60.0 Å². The Morgan fingerprint density at radius 1 is 1.17 bits per heavy atom. The highest BCUT2D eigenvalue weighted by molar-refractivity contribution is 5.91. The van der Waals surface area contributed by atoms with Crippen LogP contribution in [0.4, 0.5) is 8.78 Å². The molecule has 5 rings (SSSR count). The van der Waals surface area contributed by atoms with Gasteiger partial charge in [0.05, 0.1) is 5.69 Å². The van der Waals surface area contributed by atoms with Crippen molar-refractivity contribution in [3.8, 4) is 11.3 Å². The summed E-state index contributed by atoms with van der Waals surface area (Å²) in [5.74, 6) is 0.496. The maximum Gasteiger partial charge on any atom is 0.242 e. The van der Waals surface area contributed by atoms with Gasteiger partial charge in [-0.1, -0.05) is 13.0 Å². The van der Waals surface area contributed by atoms with Gasteiger partial charge in [-0.2, -0.15) is 0 Å². The number of alkyl halides is 2. The van der Waals surface area contributed by atoms with Gasteiger partial charge in [0, 0.05) is 55.6 Å². The first-order valence-corrected chi connectivity index (χ1v) is 12.1. The van der Waals surface area contributed by atoms with Crippen molar-refractivity contribution in [2.75, 3.05) is 33.7 Å². The van der Waals surface area contributed by atoms with Crippen molar-refractivity contribution >= 4 is 23.0 Å². The SMILES string of the molecule is CCN1CCC(c2ccc3[nH]c(-c4ccn5ccnc5c4)c(CC(F)F)c3c2)CC1.CN(C)C=O. The van der Waals surface area contributed by atoms with E-state index in [-0.39, 0.29) is 6.42 Å². The Morgan fingerprint density at radius 3 is 2.57 bits per heavy atom. The Bertz CT molecular complexity index is 1270. The minimum absolute atomic E-state index is 0.257. The van der Waals surface area contributed by atoms with E-state index < -0.39 is 6.43 Å². The lowest BCUT2D eigenvalue weighted by Gasteiger charge is -2.31. The number of pyridine rings is 1. The van der Waals surface area contributed by atoms with Crippen LogP contribution >= 0.6 is 0 Å². The first-order chi connectivity index (χ1) is 16.9. The first kappa shape index (κ1) is 24.9. The fourth-order valence-corrected chi connectivity index (χ4v) is 4.78. The maximum atomic E-state index is 13.5. The normalized spacial score (nSPS) is 14.9. The van der Waals surface area contributed by atoms with Crippen LogP contribution in [-0.2, 0) is 11.2 Å². The van der Waals surface area contributed by atoms with Crippen LogP contribution in [-0.4, -0.2) is 70.7 Å². The number of nitrogens with zero attached hydrogens (tertiary/aromatic N) is 4. The molecule has 0 atom stereocenters. The van der Waals surface area contributed by atoms with Crippen molar-refractivity contribution in [3.63, 3.8) is 0 Å². The number of H-pyrrole nitrogens is 1. The Hall–Kier alpha value is -3.26. The van der Waals surface area contributed by atoms with E-state index in [1.807, 2.05) is 28.9 Å². The molecule has 1 aromatic carbocycles. The summed E-state index contributed by atoms with van der Waals surface area (Å²) in [5, 5.41) is 0.920. The van der Waals surface area contributed by atoms with E-state index in [2.05, 4.69) is 40.0 Å². The maximum absolute atomic E-state index is 13.5. The van der Waals surface area contributed by atoms with Gasteiger partial charge in [-0.15, -0.1) is 0 Å². The zero-order valence-electron chi connectivity index (χ0n) is 20.5. The summed E-state index contributed by atoms with van der Waals surface area (Å²) >= 11 is 0. The third-order valence-electron chi connectivity index (χ3n) is 6.69. The fourth-order valence-electron chi connectivity index (χ4n) is 4.78. The van der Waals surface area contributed by atoms with E-state index in [4.69, 9.17) is 0 Å². The van der Waals surface area contributed by atoms with Gasteiger partial charge in [-0.25, -0.2) is 13.8 Å². The van der Waals surface area contributed by atoms with Crippen molar-refractivity contribution < 1.29 is 13.6 Å². The minimum atomic E-state index is -2.39. The van der Waals surface area contributed by atoms with Crippen molar-refractivity contribution in [2.45, 2.75) is 38.5 Å². The van der Waals surface area contributed by atoms with Gasteiger partial charge in [-0.05, 0) is 73.8 Å². The second-order valence-electron chi connectivity index (χ2n) is 9.26. The van der Waals surface area contributed by atoms with Crippen molar-refractivity contribution in [1.82, 2.24) is 24.2 Å². The molecule has 4 heterocycles. The number of imidazole rings is 1. The molecule has 3 aromatic heterocycles. The molecule has 1 fully saturated rings. The Balaban J connectivity index is 0.000000527. The molecule has 8 heteroatoms. The van der Waals surface area contributed by atoms with Crippen molar-refractivity contribution in [2.24, 2.45) is 0 Å². The number of piperidine rings is 1. The highest BCUT2D eigenvalue weighted by Crippen LogP contribution is 2.36. The molecule has 4 aromatic rings. The van der Waals surface area contributed by atoms with Gasteiger partial charge in [0.2, 0.25) is 12.8 Å². The summed E-state index contributed by atoms with van der Waals surface area (Å²) in [6, 6.07) is 10.3. The van der Waals surface area contributed by atoms with E-state index in [1.165, 1.54) is 10.5 Å². The van der Waals surface area contributed by atoms with Crippen LogP contribution in [0.5, 0.6) is 0 Å². The van der Waals surface area contributed by atoms with Gasteiger partial charge in [0.1, 0.15) is 5.65 Å². The summed E-state index contributed by atoms with van der Waals surface area (Å²) in [5.41, 5.74) is 5.34. The molecule has 6 nitrogen and oxygen atoms in total. The molecule has 0 aliphatic carbocycles. The van der Waals surface area contributed by atoms with Gasteiger partial charge in [0.15, 0.2) is 0 Å². The molecule has 1 amide bonds. The molecule has 0 unspecified atom stereocenters. The number of aromatic amines is 1. The molecule has 1 saturated heterocycles. The molecule has 0 bridgehead atoms. The molecule has 1 aliphatic heterocycles. The number of carbonyl (C=O) groups excluding carboxylic acids is 1. The topological polar surface area (TPSA) is 56.6 Å². The van der Waals surface area contributed by atoms with Crippen LogP contribution in [0.2, 0.25) is 0 Å². The van der Waals surface area contributed by atoms with Gasteiger partial charge in [-0.3, -0.25) is 4.79 Å². The number of benzene rings is 1. The molecular weight excluding hydrogens is 448 g/mol. The second-order valence-corrected chi connectivity index (χ2v) is 9.26. The van der Waals surface area contributed by atoms with Crippen LogP contribution in [0.1, 0.15) is 36.8 Å². The summed E-state index contributed by atoms with van der Waals surface area (Å²) < 4.78 is 29.0. The number of hydrogen-bond acceptors (Lipinski definition) is 3. The Labute approximate surface area is 204 Å². The van der Waals surface area contributed by atoms with Crippen molar-refractivity contribution in [1.29, 1.82) is 0 Å². The molecule has 0 spiro atoms. The summed E-state index contributed by atoms with van der Waals surface area (Å²) in [6.45, 7) is 5.50. The number of nitrogens with one attached hydrogen (secondary N) is 1. The third kappa shape index (κ3) is 5.70. The third-order valence-corrected chi connectivity index (χ3v) is 6.69. The highest BCUT2D eigenvalue weighted by atomic mass is 19.3. The lowest BCUT2D eigenvalue weighted by atomic mass is 9.88. The monoisotopic (exact) mass is 481 g/mol. The van der Waals surface area contributed by atoms with Gasteiger partial charge < -0.3 is 19.2 Å². The Morgan fingerprint density at radius 2 is 1.91 bits per heavy atom. The average Bonchev–Trinajstić information content (AvgIpc) is 3.48. The number of aromatic nitrogens is 3. The van der Waals surface area contributed by atoms with Crippen LogP contribution < -0.4 is 0 Å². The molecule has 0 radical (unpaired) electrons. The predicted molar refractivity (Wildman–Crippen MR) is 136 cm³/mol. The van der Waals surface area contributed by atoms with Crippen LogP contribution in [0.25, 0.3) is 27.8 Å². The zero-order valence-corrected chi connectivity index (χ0v) is 20.5. The summed E-state index contributed by atoms with van der Waals surface area (Å²) in [4.78, 5) is 21.1. The van der Waals surface area contributed by atoms with E-state index in [1.54, 1.807) is 20.3 Å². The highest BCUT2D eigenvalue weighted by Gasteiger charge is 2.22. The molecule has 1 N–H and O–H groups in total. The van der Waals surface area contributed by atoms with Gasteiger partial charge in [0.25, 0.3) is 0 Å². The molecule has 35 heavy (non-hydrogen) atoms. The lowest BCUT2D eigenvalue weighted by molar-refractivity contribution is -0.115. The molecule has 0 saturated carbocycles. The minimum Gasteiger partial charge on any atom is -0.354 e. The number of likely N-dealkylation sites (tertiary alicyclic amines) is 1. The average molecular weight is 482 g/mol. The van der Waals surface area contributed by atoms with E-state index in [9.17, 15) is 13.6 Å². The largest absolute Gasteiger partial charge is 0.354 e. The van der Waals surface area contributed by atoms with Gasteiger partial charge >= 0.3 is 0 Å². The second kappa shape index (κ2) is 11.0. The standard InChI is InChI=1S/C24H26F2N4.C3H7NO/c1-2-29-9-5-16(6-10-29)17-3-4-21-19(13-17)20(15-22(25)26)24(28-21)18-7-11-30-12-8-27-23(30)14-18;1-4(2)3-5/h3-4,7-8,11-14,16,22,28H,2,5-6,9-10,15H2,1H3;3H,1-2H3. The predicted octanol–water partition coefficient (Wildman–Crippen LogP) is 5.19. The van der Waals surface area contributed by atoms with E-state index >= 15 is 0 Å². The zero-order chi connectivity index (χ0) is 24.9.